The van der Waals surface area contributed by atoms with Crippen LogP contribution in [-0.4, -0.2) is 22.7 Å². The molecule has 1 aromatic carbocycles. The number of aliphatic carboxylic acids is 1. The van der Waals surface area contributed by atoms with E-state index >= 15 is 0 Å². The molecule has 0 saturated carbocycles. The summed E-state index contributed by atoms with van der Waals surface area (Å²) in [6, 6.07) is 9.75. The Bertz CT molecular complexity index is 561. The molecular weight excluding hydrogens is 240 g/mol. The molecule has 0 aliphatic carbocycles. The van der Waals surface area contributed by atoms with Gasteiger partial charge in [-0.2, -0.15) is 0 Å². The van der Waals surface area contributed by atoms with Gasteiger partial charge in [0.15, 0.2) is 0 Å². The monoisotopic (exact) mass is 258 g/mol. The maximum Gasteiger partial charge on any atom is 0.307 e. The first-order valence-corrected chi connectivity index (χ1v) is 6.27. The number of carboxylic acids is 1. The molecule has 0 aliphatic rings. The molecule has 2 aromatic rings. The molecule has 0 bridgehead atoms. The average Bonchev–Trinajstić information content (AvgIpc) is 2.79. The van der Waals surface area contributed by atoms with Gasteiger partial charge in [0, 0.05) is 25.5 Å². The molecule has 0 unspecified atom stereocenters. The van der Waals surface area contributed by atoms with Crippen LogP contribution in [0.2, 0.25) is 0 Å². The van der Waals surface area contributed by atoms with Crippen LogP contribution in [0.25, 0.3) is 0 Å². The highest BCUT2D eigenvalue weighted by Crippen LogP contribution is 2.13. The van der Waals surface area contributed by atoms with Crippen molar-refractivity contribution in [3.8, 4) is 0 Å². The van der Waals surface area contributed by atoms with Gasteiger partial charge >= 0.3 is 5.97 Å². The van der Waals surface area contributed by atoms with E-state index in [1.807, 2.05) is 37.5 Å². The summed E-state index contributed by atoms with van der Waals surface area (Å²) in [5.41, 5.74) is 3.15. The molecule has 2 rings (SSSR count). The third-order valence-electron chi connectivity index (χ3n) is 3.01. The minimum atomic E-state index is -0.796. The van der Waals surface area contributed by atoms with E-state index in [-0.39, 0.29) is 6.42 Å². The first-order chi connectivity index (χ1) is 9.19. The summed E-state index contributed by atoms with van der Waals surface area (Å²) >= 11 is 0. The zero-order chi connectivity index (χ0) is 13.7. The van der Waals surface area contributed by atoms with Gasteiger partial charge in [-0.25, -0.2) is 0 Å². The predicted octanol–water partition coefficient (Wildman–Crippen LogP) is 1.88. The normalized spacial score (nSPS) is 10.6. The minimum Gasteiger partial charge on any atom is -0.481 e. The number of nitrogens with zero attached hydrogens (tertiary/aromatic N) is 1. The first kappa shape index (κ1) is 13.4. The Hall–Kier alpha value is -2.07. The van der Waals surface area contributed by atoms with Crippen LogP contribution in [-0.2, 0) is 24.3 Å². The molecule has 0 fully saturated rings. The zero-order valence-electron chi connectivity index (χ0n) is 11.0. The fourth-order valence-corrected chi connectivity index (χ4v) is 2.14. The van der Waals surface area contributed by atoms with Gasteiger partial charge in [-0.3, -0.25) is 4.79 Å². The smallest absolute Gasteiger partial charge is 0.307 e. The average molecular weight is 258 g/mol. The molecular formula is C15H18N2O2. The third kappa shape index (κ3) is 3.69. The highest BCUT2D eigenvalue weighted by molar-refractivity contribution is 5.70. The molecule has 1 heterocycles. The molecule has 2 N–H and O–H groups in total. The van der Waals surface area contributed by atoms with Crippen molar-refractivity contribution in [2.75, 3.05) is 7.05 Å². The van der Waals surface area contributed by atoms with Crippen molar-refractivity contribution in [3.05, 3.63) is 59.4 Å². The Balaban J connectivity index is 2.15. The highest BCUT2D eigenvalue weighted by atomic mass is 16.4. The number of hydrogen-bond donors (Lipinski definition) is 2. The fourth-order valence-electron chi connectivity index (χ4n) is 2.14. The lowest BCUT2D eigenvalue weighted by Gasteiger charge is -2.08. The number of carboxylic acid groups (broad SMARTS) is 1. The van der Waals surface area contributed by atoms with Gasteiger partial charge in [-0.05, 0) is 29.8 Å². The van der Waals surface area contributed by atoms with E-state index in [0.29, 0.717) is 6.54 Å². The second-order valence-corrected chi connectivity index (χ2v) is 4.56. The minimum absolute atomic E-state index is 0.0703. The van der Waals surface area contributed by atoms with Crippen LogP contribution in [0.1, 0.15) is 16.7 Å². The number of carbonyl (C=O) groups is 1. The largest absolute Gasteiger partial charge is 0.481 e. The highest BCUT2D eigenvalue weighted by Gasteiger charge is 2.06. The summed E-state index contributed by atoms with van der Waals surface area (Å²) in [4.78, 5) is 10.8. The van der Waals surface area contributed by atoms with Crippen molar-refractivity contribution in [1.29, 1.82) is 0 Å². The van der Waals surface area contributed by atoms with Crippen LogP contribution in [0.4, 0.5) is 0 Å². The third-order valence-corrected chi connectivity index (χ3v) is 3.01. The van der Waals surface area contributed by atoms with E-state index in [0.717, 1.165) is 17.7 Å². The maximum absolute atomic E-state index is 10.8. The standard InChI is InChI=1S/C15H18N2O2/c1-16-9-12-6-7-17(10-12)11-14-5-3-2-4-13(14)8-15(18)19/h2-7,10,16H,8-9,11H2,1H3,(H,18,19). The Kier molecular flexibility index (Phi) is 4.36. The Morgan fingerprint density at radius 3 is 2.68 bits per heavy atom. The van der Waals surface area contributed by atoms with Crippen molar-refractivity contribution in [2.24, 2.45) is 0 Å². The first-order valence-electron chi connectivity index (χ1n) is 6.27. The Morgan fingerprint density at radius 1 is 1.26 bits per heavy atom. The molecule has 19 heavy (non-hydrogen) atoms. The molecule has 0 spiro atoms. The topological polar surface area (TPSA) is 54.3 Å². The van der Waals surface area contributed by atoms with Crippen molar-refractivity contribution < 1.29 is 9.90 Å². The molecule has 4 heteroatoms. The fraction of sp³-hybridized carbons (Fsp3) is 0.267. The van der Waals surface area contributed by atoms with Crippen molar-refractivity contribution in [1.82, 2.24) is 9.88 Å². The van der Waals surface area contributed by atoms with Crippen LogP contribution in [0, 0.1) is 0 Å². The van der Waals surface area contributed by atoms with E-state index in [1.165, 1.54) is 5.56 Å². The SMILES string of the molecule is CNCc1ccn(Cc2ccccc2CC(=O)O)c1. The van der Waals surface area contributed by atoms with Crippen LogP contribution in [0.3, 0.4) is 0 Å². The predicted molar refractivity (Wildman–Crippen MR) is 74.1 cm³/mol. The van der Waals surface area contributed by atoms with Gasteiger partial charge in [0.1, 0.15) is 0 Å². The summed E-state index contributed by atoms with van der Waals surface area (Å²) in [5.74, 6) is -0.796. The lowest BCUT2D eigenvalue weighted by molar-refractivity contribution is -0.136. The second-order valence-electron chi connectivity index (χ2n) is 4.56. The Labute approximate surface area is 112 Å². The van der Waals surface area contributed by atoms with Crippen molar-refractivity contribution in [2.45, 2.75) is 19.5 Å². The number of aromatic nitrogens is 1. The van der Waals surface area contributed by atoms with Crippen LogP contribution in [0.15, 0.2) is 42.7 Å². The van der Waals surface area contributed by atoms with E-state index in [9.17, 15) is 4.79 Å². The van der Waals surface area contributed by atoms with Gasteiger partial charge in [0.25, 0.3) is 0 Å². The van der Waals surface area contributed by atoms with Crippen LogP contribution >= 0.6 is 0 Å². The summed E-state index contributed by atoms with van der Waals surface area (Å²) in [6.45, 7) is 1.54. The Morgan fingerprint density at radius 2 is 2.00 bits per heavy atom. The second kappa shape index (κ2) is 6.20. The molecule has 100 valence electrons. The van der Waals surface area contributed by atoms with Crippen molar-refractivity contribution in [3.63, 3.8) is 0 Å². The molecule has 0 saturated heterocycles. The van der Waals surface area contributed by atoms with E-state index in [4.69, 9.17) is 5.11 Å². The van der Waals surface area contributed by atoms with Gasteiger partial charge in [0.05, 0.1) is 6.42 Å². The van der Waals surface area contributed by atoms with E-state index in [1.54, 1.807) is 0 Å². The maximum atomic E-state index is 10.8. The summed E-state index contributed by atoms with van der Waals surface area (Å²) in [7, 11) is 1.92. The quantitative estimate of drug-likeness (QED) is 0.832. The van der Waals surface area contributed by atoms with Gasteiger partial charge < -0.3 is 15.0 Å². The lowest BCUT2D eigenvalue weighted by Crippen LogP contribution is -2.07. The number of rotatable bonds is 6. The molecule has 0 radical (unpaired) electrons. The molecule has 1 aromatic heterocycles. The summed E-state index contributed by atoms with van der Waals surface area (Å²) < 4.78 is 2.08. The van der Waals surface area contributed by atoms with E-state index in [2.05, 4.69) is 22.1 Å². The number of nitrogens with one attached hydrogen (secondary N) is 1. The van der Waals surface area contributed by atoms with Crippen LogP contribution < -0.4 is 5.32 Å². The van der Waals surface area contributed by atoms with Crippen LogP contribution in [0.5, 0.6) is 0 Å². The molecule has 0 aliphatic heterocycles. The van der Waals surface area contributed by atoms with Gasteiger partial charge in [0.2, 0.25) is 0 Å². The zero-order valence-corrected chi connectivity index (χ0v) is 11.0. The molecule has 0 atom stereocenters. The van der Waals surface area contributed by atoms with Gasteiger partial charge in [-0.1, -0.05) is 24.3 Å². The number of benzene rings is 1. The summed E-state index contributed by atoms with van der Waals surface area (Å²) in [5, 5.41) is 12.0. The molecule has 4 nitrogen and oxygen atoms in total. The summed E-state index contributed by atoms with van der Waals surface area (Å²) in [6.07, 6.45) is 4.17. The van der Waals surface area contributed by atoms with Gasteiger partial charge in [-0.15, -0.1) is 0 Å². The van der Waals surface area contributed by atoms with E-state index < -0.39 is 5.97 Å². The van der Waals surface area contributed by atoms with Crippen molar-refractivity contribution >= 4 is 5.97 Å². The number of hydrogen-bond acceptors (Lipinski definition) is 2. The molecule has 0 amide bonds. The lowest BCUT2D eigenvalue weighted by atomic mass is 10.0.